The second-order valence-corrected chi connectivity index (χ2v) is 8.19. The maximum atomic E-state index is 13.3. The smallest absolute Gasteiger partial charge is 0.360 e. The number of thioether (sulfide) groups is 1. The lowest BCUT2D eigenvalue weighted by atomic mass is 10.1. The van der Waals surface area contributed by atoms with Crippen molar-refractivity contribution >= 4 is 27.7 Å². The Morgan fingerprint density at radius 1 is 1.07 bits per heavy atom. The van der Waals surface area contributed by atoms with Crippen LogP contribution < -0.4 is 0 Å². The number of halogens is 4. The molecule has 0 radical (unpaired) electrons. The number of nitrogens with zero attached hydrogens (tertiary/aromatic N) is 4. The average molecular weight is 495 g/mol. The molecule has 2 aromatic carbocycles. The van der Waals surface area contributed by atoms with E-state index in [2.05, 4.69) is 31.3 Å². The summed E-state index contributed by atoms with van der Waals surface area (Å²) in [5, 5.41) is 12.8. The Balaban J connectivity index is 1.81. The van der Waals surface area contributed by atoms with E-state index in [0.29, 0.717) is 33.7 Å². The summed E-state index contributed by atoms with van der Waals surface area (Å²) in [6.07, 6.45) is -4.46. The highest BCUT2D eigenvalue weighted by Crippen LogP contribution is 2.35. The number of hydrogen-bond acceptors (Lipinski definition) is 5. The van der Waals surface area contributed by atoms with Gasteiger partial charge in [0.2, 0.25) is 0 Å². The first-order valence-electron chi connectivity index (χ1n) is 8.76. The molecule has 10 heteroatoms. The monoisotopic (exact) mass is 494 g/mol. The summed E-state index contributed by atoms with van der Waals surface area (Å²) in [5.41, 5.74) is 1.04. The molecule has 30 heavy (non-hydrogen) atoms. The standard InChI is InChI=1S/C20H14BrF3N4OS/c1-12-9-15(29-27-12)11-30-19-26-25-18(16-7-2-3-8-17(16)21)28(19)14-6-4-5-13(10-14)20(22,23)24/h2-10H,11H2,1H3. The van der Waals surface area contributed by atoms with Crippen molar-refractivity contribution in [3.63, 3.8) is 0 Å². The Hall–Kier alpha value is -2.59. The van der Waals surface area contributed by atoms with E-state index in [0.717, 1.165) is 22.3 Å². The van der Waals surface area contributed by atoms with Crippen molar-refractivity contribution in [2.75, 3.05) is 0 Å². The average Bonchev–Trinajstić information content (AvgIpc) is 3.32. The third-order valence-electron chi connectivity index (χ3n) is 4.20. The SMILES string of the molecule is Cc1cc(CSc2nnc(-c3ccccc3Br)n2-c2cccc(C(F)(F)F)c2)on1. The maximum Gasteiger partial charge on any atom is 0.416 e. The van der Waals surface area contributed by atoms with E-state index in [1.807, 2.05) is 31.2 Å². The molecule has 0 atom stereocenters. The lowest BCUT2D eigenvalue weighted by molar-refractivity contribution is -0.137. The number of alkyl halides is 3. The van der Waals surface area contributed by atoms with Gasteiger partial charge in [0, 0.05) is 16.1 Å². The van der Waals surface area contributed by atoms with Gasteiger partial charge in [-0.05, 0) is 31.2 Å². The normalized spacial score (nSPS) is 11.8. The molecule has 0 saturated heterocycles. The van der Waals surface area contributed by atoms with E-state index in [1.54, 1.807) is 16.7 Å². The molecular weight excluding hydrogens is 481 g/mol. The Bertz CT molecular complexity index is 1190. The minimum absolute atomic E-state index is 0.317. The van der Waals surface area contributed by atoms with Crippen LogP contribution in [0.1, 0.15) is 17.0 Å². The van der Waals surface area contributed by atoms with Crippen LogP contribution in [0.2, 0.25) is 0 Å². The van der Waals surface area contributed by atoms with E-state index in [1.165, 1.54) is 17.8 Å². The van der Waals surface area contributed by atoms with Gasteiger partial charge in [-0.15, -0.1) is 10.2 Å². The van der Waals surface area contributed by atoms with Crippen LogP contribution in [0.3, 0.4) is 0 Å². The van der Waals surface area contributed by atoms with Gasteiger partial charge < -0.3 is 4.52 Å². The van der Waals surface area contributed by atoms with Crippen LogP contribution in [0.15, 0.2) is 68.7 Å². The van der Waals surface area contributed by atoms with Crippen molar-refractivity contribution in [3.8, 4) is 17.1 Å². The largest absolute Gasteiger partial charge is 0.416 e. The minimum atomic E-state index is -4.46. The van der Waals surface area contributed by atoms with Crippen LogP contribution in [-0.2, 0) is 11.9 Å². The summed E-state index contributed by atoms with van der Waals surface area (Å²) >= 11 is 4.78. The topological polar surface area (TPSA) is 56.7 Å². The molecule has 0 N–H and O–H groups in total. The van der Waals surface area contributed by atoms with Crippen LogP contribution in [0.25, 0.3) is 17.1 Å². The summed E-state index contributed by atoms with van der Waals surface area (Å²) in [4.78, 5) is 0. The number of aryl methyl sites for hydroxylation is 1. The summed E-state index contributed by atoms with van der Waals surface area (Å²) in [5.74, 6) is 1.48. The lowest BCUT2D eigenvalue weighted by Gasteiger charge is -2.13. The third-order valence-corrected chi connectivity index (χ3v) is 5.84. The zero-order chi connectivity index (χ0) is 21.3. The zero-order valence-electron chi connectivity index (χ0n) is 15.5. The Labute approximate surface area is 182 Å². The second-order valence-electron chi connectivity index (χ2n) is 6.39. The third kappa shape index (κ3) is 4.29. The molecule has 0 aliphatic carbocycles. The molecule has 0 amide bonds. The maximum absolute atomic E-state index is 13.3. The molecular formula is C20H14BrF3N4OS. The van der Waals surface area contributed by atoms with Gasteiger partial charge in [0.25, 0.3) is 0 Å². The molecule has 0 bridgehead atoms. The fraction of sp³-hybridized carbons (Fsp3) is 0.150. The van der Waals surface area contributed by atoms with Gasteiger partial charge in [-0.25, -0.2) is 0 Å². The predicted molar refractivity (Wildman–Crippen MR) is 110 cm³/mol. The number of aromatic nitrogens is 4. The van der Waals surface area contributed by atoms with E-state index in [-0.39, 0.29) is 0 Å². The first-order valence-corrected chi connectivity index (χ1v) is 10.5. The molecule has 0 spiro atoms. The summed E-state index contributed by atoms with van der Waals surface area (Å²) in [6.45, 7) is 1.81. The van der Waals surface area contributed by atoms with Crippen molar-refractivity contribution < 1.29 is 17.7 Å². The highest BCUT2D eigenvalue weighted by Gasteiger charge is 2.31. The van der Waals surface area contributed by atoms with Gasteiger partial charge in [0.15, 0.2) is 11.0 Å². The summed E-state index contributed by atoms with van der Waals surface area (Å²) < 4.78 is 47.5. The van der Waals surface area contributed by atoms with Gasteiger partial charge in [-0.3, -0.25) is 4.57 Å². The molecule has 2 aromatic heterocycles. The number of hydrogen-bond donors (Lipinski definition) is 0. The van der Waals surface area contributed by atoms with Gasteiger partial charge >= 0.3 is 6.18 Å². The molecule has 0 aliphatic rings. The van der Waals surface area contributed by atoms with E-state index < -0.39 is 11.7 Å². The molecule has 154 valence electrons. The van der Waals surface area contributed by atoms with Crippen molar-refractivity contribution in [1.29, 1.82) is 0 Å². The molecule has 0 saturated carbocycles. The van der Waals surface area contributed by atoms with Crippen LogP contribution in [0.5, 0.6) is 0 Å². The number of benzene rings is 2. The molecule has 2 heterocycles. The van der Waals surface area contributed by atoms with Crippen LogP contribution >= 0.6 is 27.7 Å². The first kappa shape index (κ1) is 20.7. The molecule has 4 rings (SSSR count). The summed E-state index contributed by atoms with van der Waals surface area (Å²) in [6, 6.07) is 14.2. The molecule has 4 aromatic rings. The van der Waals surface area contributed by atoms with Gasteiger partial charge in [0.05, 0.1) is 22.7 Å². The Morgan fingerprint density at radius 3 is 2.57 bits per heavy atom. The van der Waals surface area contributed by atoms with Crippen LogP contribution in [0.4, 0.5) is 13.2 Å². The highest BCUT2D eigenvalue weighted by atomic mass is 79.9. The van der Waals surface area contributed by atoms with Crippen LogP contribution in [0, 0.1) is 6.92 Å². The fourth-order valence-electron chi connectivity index (χ4n) is 2.85. The number of rotatable bonds is 5. The lowest BCUT2D eigenvalue weighted by Crippen LogP contribution is -2.07. The Kier molecular flexibility index (Phi) is 5.70. The second kappa shape index (κ2) is 8.27. The zero-order valence-corrected chi connectivity index (χ0v) is 17.9. The van der Waals surface area contributed by atoms with Gasteiger partial charge in [0.1, 0.15) is 5.76 Å². The fourth-order valence-corrected chi connectivity index (χ4v) is 4.14. The summed E-state index contributed by atoms with van der Waals surface area (Å²) in [7, 11) is 0. The van der Waals surface area contributed by atoms with Crippen molar-refractivity contribution in [1.82, 2.24) is 19.9 Å². The quantitative estimate of drug-likeness (QED) is 0.304. The van der Waals surface area contributed by atoms with E-state index >= 15 is 0 Å². The van der Waals surface area contributed by atoms with E-state index in [9.17, 15) is 13.2 Å². The van der Waals surface area contributed by atoms with E-state index in [4.69, 9.17) is 4.52 Å². The van der Waals surface area contributed by atoms with Crippen molar-refractivity contribution in [3.05, 3.63) is 76.1 Å². The molecule has 0 aliphatic heterocycles. The molecule has 0 fully saturated rings. The van der Waals surface area contributed by atoms with Gasteiger partial charge in [-0.1, -0.05) is 57.1 Å². The minimum Gasteiger partial charge on any atom is -0.360 e. The van der Waals surface area contributed by atoms with Crippen molar-refractivity contribution in [2.45, 2.75) is 24.0 Å². The van der Waals surface area contributed by atoms with Crippen LogP contribution in [-0.4, -0.2) is 19.9 Å². The van der Waals surface area contributed by atoms with Crippen molar-refractivity contribution in [2.24, 2.45) is 0 Å². The first-order chi connectivity index (χ1) is 14.3. The Morgan fingerprint density at radius 2 is 1.87 bits per heavy atom. The molecule has 0 unspecified atom stereocenters. The molecule has 5 nitrogen and oxygen atoms in total. The predicted octanol–water partition coefficient (Wildman–Crippen LogP) is 6.30. The van der Waals surface area contributed by atoms with Gasteiger partial charge in [-0.2, -0.15) is 13.2 Å². The highest BCUT2D eigenvalue weighted by molar-refractivity contribution is 9.10.